The molecule has 0 amide bonds. The van der Waals surface area contributed by atoms with Crippen LogP contribution in [0.25, 0.3) is 0 Å². The Morgan fingerprint density at radius 1 is 1.25 bits per heavy atom. The number of hydrogen-bond acceptors (Lipinski definition) is 3. The maximum Gasteiger partial charge on any atom is 0.443 e. The Kier molecular flexibility index (Phi) is 4.59. The number of alkyl halides is 3. The minimum absolute atomic E-state index is 0.352. The first-order valence-corrected chi connectivity index (χ1v) is 7.05. The lowest BCUT2D eigenvalue weighted by molar-refractivity contribution is -0.137. The summed E-state index contributed by atoms with van der Waals surface area (Å²) in [5.41, 5.74) is 0.722. The van der Waals surface area contributed by atoms with Crippen LogP contribution in [0.2, 0.25) is 10.0 Å². The van der Waals surface area contributed by atoms with Crippen LogP contribution in [0.1, 0.15) is 21.5 Å². The minimum Gasteiger partial charge on any atom is -0.309 e. The molecule has 0 aliphatic heterocycles. The standard InChI is InChI=1S/C12H9Cl2F3N2S/c1-18-10(6-2-3-7(13)8(14)4-6)9-5-19-11(20-9)12(15,16)17/h2-5,10,18H,1H3. The van der Waals surface area contributed by atoms with Gasteiger partial charge < -0.3 is 5.32 Å². The van der Waals surface area contributed by atoms with Crippen molar-refractivity contribution in [2.24, 2.45) is 0 Å². The van der Waals surface area contributed by atoms with Crippen molar-refractivity contribution in [2.75, 3.05) is 7.05 Å². The second-order valence-electron chi connectivity index (χ2n) is 3.96. The number of hydrogen-bond donors (Lipinski definition) is 1. The number of nitrogens with one attached hydrogen (secondary N) is 1. The average molecular weight is 341 g/mol. The third kappa shape index (κ3) is 3.25. The van der Waals surface area contributed by atoms with Crippen molar-refractivity contribution in [3.8, 4) is 0 Å². The highest BCUT2D eigenvalue weighted by atomic mass is 35.5. The third-order valence-corrected chi connectivity index (χ3v) is 4.46. The zero-order valence-electron chi connectivity index (χ0n) is 10.1. The van der Waals surface area contributed by atoms with Crippen LogP contribution in [0.5, 0.6) is 0 Å². The molecule has 0 bridgehead atoms. The Morgan fingerprint density at radius 3 is 2.45 bits per heavy atom. The number of aromatic nitrogens is 1. The van der Waals surface area contributed by atoms with Crippen LogP contribution in [0, 0.1) is 0 Å². The second kappa shape index (κ2) is 5.89. The van der Waals surface area contributed by atoms with Crippen molar-refractivity contribution in [3.05, 3.63) is 49.9 Å². The summed E-state index contributed by atoms with van der Waals surface area (Å²) in [7, 11) is 1.65. The second-order valence-corrected chi connectivity index (χ2v) is 5.84. The monoisotopic (exact) mass is 340 g/mol. The van der Waals surface area contributed by atoms with Crippen LogP contribution in [-0.2, 0) is 6.18 Å². The van der Waals surface area contributed by atoms with E-state index in [9.17, 15) is 13.2 Å². The first-order valence-electron chi connectivity index (χ1n) is 5.48. The summed E-state index contributed by atoms with van der Waals surface area (Å²) in [6, 6.07) is 4.52. The van der Waals surface area contributed by atoms with Crippen LogP contribution in [0.15, 0.2) is 24.4 Å². The zero-order chi connectivity index (χ0) is 14.9. The lowest BCUT2D eigenvalue weighted by Gasteiger charge is -2.15. The number of nitrogens with zero attached hydrogens (tertiary/aromatic N) is 1. The fourth-order valence-electron chi connectivity index (χ4n) is 1.72. The maximum atomic E-state index is 12.6. The van der Waals surface area contributed by atoms with Gasteiger partial charge in [-0.3, -0.25) is 0 Å². The third-order valence-electron chi connectivity index (χ3n) is 2.62. The molecular weight excluding hydrogens is 332 g/mol. The van der Waals surface area contributed by atoms with Crippen LogP contribution in [0.3, 0.4) is 0 Å². The predicted molar refractivity (Wildman–Crippen MR) is 74.5 cm³/mol. The largest absolute Gasteiger partial charge is 0.443 e. The Hall–Kier alpha value is -0.820. The summed E-state index contributed by atoms with van der Waals surface area (Å²) in [4.78, 5) is 3.87. The molecule has 1 unspecified atom stereocenters. The van der Waals surface area contributed by atoms with Gasteiger partial charge in [0.2, 0.25) is 0 Å². The molecule has 1 heterocycles. The molecule has 0 radical (unpaired) electrons. The van der Waals surface area contributed by atoms with Crippen LogP contribution >= 0.6 is 34.5 Å². The molecular formula is C12H9Cl2F3N2S. The van der Waals surface area contributed by atoms with Crippen LogP contribution in [-0.4, -0.2) is 12.0 Å². The molecule has 1 atom stereocenters. The van der Waals surface area contributed by atoms with E-state index in [2.05, 4.69) is 10.3 Å². The molecule has 1 aromatic carbocycles. The van der Waals surface area contributed by atoms with E-state index in [0.29, 0.717) is 26.3 Å². The first-order chi connectivity index (χ1) is 9.32. The number of thiazole rings is 1. The summed E-state index contributed by atoms with van der Waals surface area (Å²) in [5.74, 6) is 0. The molecule has 1 N–H and O–H groups in total. The quantitative estimate of drug-likeness (QED) is 0.869. The van der Waals surface area contributed by atoms with Gasteiger partial charge in [-0.1, -0.05) is 29.3 Å². The normalized spacial score (nSPS) is 13.5. The molecule has 1 aromatic heterocycles. The van der Waals surface area contributed by atoms with Gasteiger partial charge in [0.25, 0.3) is 0 Å². The molecule has 20 heavy (non-hydrogen) atoms. The maximum absolute atomic E-state index is 12.6. The topological polar surface area (TPSA) is 24.9 Å². The number of benzene rings is 1. The van der Waals surface area contributed by atoms with Gasteiger partial charge in [-0.05, 0) is 24.7 Å². The Balaban J connectivity index is 2.37. The summed E-state index contributed by atoms with van der Waals surface area (Å²) < 4.78 is 37.7. The molecule has 0 spiro atoms. The highest BCUT2D eigenvalue weighted by molar-refractivity contribution is 7.11. The van der Waals surface area contributed by atoms with Gasteiger partial charge in [-0.15, -0.1) is 11.3 Å². The van der Waals surface area contributed by atoms with Crippen molar-refractivity contribution in [1.82, 2.24) is 10.3 Å². The Labute approximate surface area is 127 Å². The Bertz CT molecular complexity index is 613. The average Bonchev–Trinajstić information content (AvgIpc) is 2.84. The smallest absolute Gasteiger partial charge is 0.309 e. The zero-order valence-corrected chi connectivity index (χ0v) is 12.5. The summed E-state index contributed by atoms with van der Waals surface area (Å²) in [6.45, 7) is 0. The van der Waals surface area contributed by atoms with E-state index >= 15 is 0 Å². The van der Waals surface area contributed by atoms with E-state index in [4.69, 9.17) is 23.2 Å². The molecule has 8 heteroatoms. The molecule has 2 nitrogen and oxygen atoms in total. The van der Waals surface area contributed by atoms with E-state index in [1.807, 2.05) is 0 Å². The highest BCUT2D eigenvalue weighted by Crippen LogP contribution is 2.36. The van der Waals surface area contributed by atoms with E-state index in [1.165, 1.54) is 6.20 Å². The lowest BCUT2D eigenvalue weighted by atomic mass is 10.1. The molecule has 2 rings (SSSR count). The van der Waals surface area contributed by atoms with Gasteiger partial charge in [-0.2, -0.15) is 13.2 Å². The fraction of sp³-hybridized carbons (Fsp3) is 0.250. The van der Waals surface area contributed by atoms with Gasteiger partial charge in [0.05, 0.1) is 16.1 Å². The van der Waals surface area contributed by atoms with Crippen molar-refractivity contribution in [3.63, 3.8) is 0 Å². The van der Waals surface area contributed by atoms with Crippen LogP contribution < -0.4 is 5.32 Å². The summed E-state index contributed by atoms with van der Waals surface area (Å²) in [6.07, 6.45) is -3.21. The Morgan fingerprint density at radius 2 is 1.95 bits per heavy atom. The van der Waals surface area contributed by atoms with Crippen molar-refractivity contribution in [2.45, 2.75) is 12.2 Å². The molecule has 2 aromatic rings. The SMILES string of the molecule is CNC(c1ccc(Cl)c(Cl)c1)c1cnc(C(F)(F)F)s1. The van der Waals surface area contributed by atoms with Crippen molar-refractivity contribution < 1.29 is 13.2 Å². The molecule has 0 aliphatic rings. The van der Waals surface area contributed by atoms with Gasteiger partial charge in [0.1, 0.15) is 0 Å². The molecule has 108 valence electrons. The van der Waals surface area contributed by atoms with Crippen LogP contribution in [0.4, 0.5) is 13.2 Å². The summed E-state index contributed by atoms with van der Waals surface area (Å²) in [5, 5.41) is 2.83. The fourth-order valence-corrected chi connectivity index (χ4v) is 2.94. The minimum atomic E-state index is -4.43. The molecule has 0 saturated heterocycles. The van der Waals surface area contributed by atoms with E-state index in [-0.39, 0.29) is 0 Å². The molecule has 0 aliphatic carbocycles. The lowest BCUT2D eigenvalue weighted by Crippen LogP contribution is -2.16. The highest BCUT2D eigenvalue weighted by Gasteiger charge is 2.35. The number of rotatable bonds is 3. The molecule has 0 saturated carbocycles. The van der Waals surface area contributed by atoms with E-state index in [0.717, 1.165) is 5.56 Å². The first kappa shape index (κ1) is 15.6. The summed E-state index contributed by atoms with van der Waals surface area (Å²) >= 11 is 12.4. The molecule has 0 fully saturated rings. The van der Waals surface area contributed by atoms with Gasteiger partial charge >= 0.3 is 6.18 Å². The van der Waals surface area contributed by atoms with Gasteiger partial charge in [0.15, 0.2) is 5.01 Å². The van der Waals surface area contributed by atoms with Crippen molar-refractivity contribution >= 4 is 34.5 Å². The van der Waals surface area contributed by atoms with Crippen molar-refractivity contribution in [1.29, 1.82) is 0 Å². The van der Waals surface area contributed by atoms with Gasteiger partial charge in [-0.25, -0.2) is 4.98 Å². The number of halogens is 5. The predicted octanol–water partition coefficient (Wildman–Crippen LogP) is 4.78. The van der Waals surface area contributed by atoms with E-state index < -0.39 is 17.2 Å². The van der Waals surface area contributed by atoms with E-state index in [1.54, 1.807) is 25.2 Å². The van der Waals surface area contributed by atoms with Gasteiger partial charge in [0, 0.05) is 11.1 Å².